The van der Waals surface area contributed by atoms with E-state index in [4.69, 9.17) is 0 Å². The summed E-state index contributed by atoms with van der Waals surface area (Å²) in [4.78, 5) is 26.3. The summed E-state index contributed by atoms with van der Waals surface area (Å²) in [6.45, 7) is 0.383. The van der Waals surface area contributed by atoms with Crippen molar-refractivity contribution in [2.75, 3.05) is 11.9 Å². The molecule has 0 aromatic heterocycles. The van der Waals surface area contributed by atoms with Gasteiger partial charge in [0.25, 0.3) is 5.91 Å². The fraction of sp³-hybridized carbons (Fsp3) is 0.222. The molecule has 1 unspecified atom stereocenters. The first-order valence-corrected chi connectivity index (χ1v) is 7.68. The van der Waals surface area contributed by atoms with Crippen LogP contribution in [-0.4, -0.2) is 29.3 Å². The lowest BCUT2D eigenvalue weighted by atomic mass is 10.1. The van der Waals surface area contributed by atoms with Crippen LogP contribution in [0, 0.1) is 11.6 Å². The largest absolute Gasteiger partial charge is 0.327 e. The van der Waals surface area contributed by atoms with Gasteiger partial charge in [-0.3, -0.25) is 9.59 Å². The molecule has 2 amide bonds. The van der Waals surface area contributed by atoms with Crippen LogP contribution in [0.2, 0.25) is 0 Å². The molecule has 1 aliphatic rings. The van der Waals surface area contributed by atoms with Gasteiger partial charge in [-0.05, 0) is 43.2 Å². The highest BCUT2D eigenvalue weighted by molar-refractivity contribution is 6.01. The highest BCUT2D eigenvalue weighted by Gasteiger charge is 2.35. The number of carbonyl (C=O) groups excluding carboxylic acids is 2. The van der Waals surface area contributed by atoms with Crippen molar-refractivity contribution in [3.05, 3.63) is 65.7 Å². The normalized spacial score (nSPS) is 16.9. The smallest absolute Gasteiger partial charge is 0.257 e. The minimum atomic E-state index is -0.694. The van der Waals surface area contributed by atoms with Crippen LogP contribution < -0.4 is 5.32 Å². The Kier molecular flexibility index (Phi) is 4.55. The molecule has 4 nitrogen and oxygen atoms in total. The maximum atomic E-state index is 13.8. The van der Waals surface area contributed by atoms with E-state index in [-0.39, 0.29) is 5.56 Å². The second kappa shape index (κ2) is 6.78. The molecule has 1 fully saturated rings. The van der Waals surface area contributed by atoms with Crippen LogP contribution in [0.1, 0.15) is 23.2 Å². The third-order valence-electron chi connectivity index (χ3n) is 4.01. The summed E-state index contributed by atoms with van der Waals surface area (Å²) in [7, 11) is 0. The molecule has 1 saturated heterocycles. The predicted molar refractivity (Wildman–Crippen MR) is 85.5 cm³/mol. The molecule has 24 heavy (non-hydrogen) atoms. The first-order valence-electron chi connectivity index (χ1n) is 7.68. The molecule has 1 heterocycles. The Morgan fingerprint density at radius 3 is 2.62 bits per heavy atom. The van der Waals surface area contributed by atoms with E-state index in [0.717, 1.165) is 0 Å². The van der Waals surface area contributed by atoms with E-state index in [2.05, 4.69) is 5.32 Å². The lowest BCUT2D eigenvalue weighted by Gasteiger charge is -2.24. The Hall–Kier alpha value is -2.76. The second-order valence-electron chi connectivity index (χ2n) is 5.64. The number of hydrogen-bond donors (Lipinski definition) is 1. The van der Waals surface area contributed by atoms with Crippen LogP contribution in [0.15, 0.2) is 48.5 Å². The Morgan fingerprint density at radius 2 is 1.88 bits per heavy atom. The molecule has 0 spiro atoms. The Labute approximate surface area is 138 Å². The van der Waals surface area contributed by atoms with E-state index in [0.29, 0.717) is 25.1 Å². The van der Waals surface area contributed by atoms with Crippen molar-refractivity contribution in [1.29, 1.82) is 0 Å². The average molecular weight is 330 g/mol. The van der Waals surface area contributed by atoms with Crippen LogP contribution in [0.3, 0.4) is 0 Å². The summed E-state index contributed by atoms with van der Waals surface area (Å²) >= 11 is 0. The van der Waals surface area contributed by atoms with Gasteiger partial charge in [-0.15, -0.1) is 0 Å². The standard InChI is InChI=1S/C18H16F2N2O2/c19-12-5-3-6-13(11-12)21-17(23)16-9-4-10-22(16)18(24)14-7-1-2-8-15(14)20/h1-3,5-8,11,16H,4,9-10H2,(H,21,23). The van der Waals surface area contributed by atoms with Crippen LogP contribution in [0.25, 0.3) is 0 Å². The highest BCUT2D eigenvalue weighted by atomic mass is 19.1. The number of benzene rings is 2. The maximum Gasteiger partial charge on any atom is 0.257 e. The highest BCUT2D eigenvalue weighted by Crippen LogP contribution is 2.23. The molecule has 1 aliphatic heterocycles. The number of anilines is 1. The SMILES string of the molecule is O=C(Nc1cccc(F)c1)C1CCCN1C(=O)c1ccccc1F. The van der Waals surface area contributed by atoms with Gasteiger partial charge in [-0.1, -0.05) is 18.2 Å². The third kappa shape index (κ3) is 3.27. The number of likely N-dealkylation sites (tertiary alicyclic amines) is 1. The van der Waals surface area contributed by atoms with Crippen molar-refractivity contribution in [3.63, 3.8) is 0 Å². The molecule has 0 bridgehead atoms. The molecule has 0 radical (unpaired) electrons. The number of nitrogens with zero attached hydrogens (tertiary/aromatic N) is 1. The topological polar surface area (TPSA) is 49.4 Å². The van der Waals surface area contributed by atoms with E-state index in [9.17, 15) is 18.4 Å². The first-order chi connectivity index (χ1) is 11.6. The number of nitrogens with one attached hydrogen (secondary N) is 1. The van der Waals surface area contributed by atoms with Crippen molar-refractivity contribution in [2.24, 2.45) is 0 Å². The molecule has 2 aromatic rings. The summed E-state index contributed by atoms with van der Waals surface area (Å²) in [5.41, 5.74) is 0.271. The average Bonchev–Trinajstić information content (AvgIpc) is 3.04. The Morgan fingerprint density at radius 1 is 1.08 bits per heavy atom. The quantitative estimate of drug-likeness (QED) is 0.939. The van der Waals surface area contributed by atoms with Gasteiger partial charge >= 0.3 is 0 Å². The fourth-order valence-corrected chi connectivity index (χ4v) is 2.86. The van der Waals surface area contributed by atoms with Gasteiger partial charge in [0.1, 0.15) is 17.7 Å². The van der Waals surface area contributed by atoms with E-state index in [1.807, 2.05) is 0 Å². The van der Waals surface area contributed by atoms with Gasteiger partial charge in [-0.2, -0.15) is 0 Å². The monoisotopic (exact) mass is 330 g/mol. The van der Waals surface area contributed by atoms with Crippen molar-refractivity contribution in [3.8, 4) is 0 Å². The molecule has 124 valence electrons. The Bertz CT molecular complexity index is 779. The summed E-state index contributed by atoms with van der Waals surface area (Å²) in [6.07, 6.45) is 1.14. The molecule has 1 atom stereocenters. The van der Waals surface area contributed by atoms with Gasteiger partial charge in [0.15, 0.2) is 0 Å². The van der Waals surface area contributed by atoms with Crippen LogP contribution in [0.5, 0.6) is 0 Å². The van der Waals surface area contributed by atoms with Crippen molar-refractivity contribution in [1.82, 2.24) is 4.90 Å². The molecule has 0 aliphatic carbocycles. The summed E-state index contributed by atoms with van der Waals surface area (Å²) in [5.74, 6) is -1.98. The maximum absolute atomic E-state index is 13.8. The number of amides is 2. The zero-order valence-corrected chi connectivity index (χ0v) is 12.8. The molecule has 6 heteroatoms. The van der Waals surface area contributed by atoms with E-state index >= 15 is 0 Å². The van der Waals surface area contributed by atoms with Gasteiger partial charge < -0.3 is 10.2 Å². The van der Waals surface area contributed by atoms with Gasteiger partial charge in [0.05, 0.1) is 5.56 Å². The van der Waals surface area contributed by atoms with Crippen molar-refractivity contribution < 1.29 is 18.4 Å². The number of carbonyl (C=O) groups is 2. The zero-order chi connectivity index (χ0) is 17.1. The van der Waals surface area contributed by atoms with Crippen molar-refractivity contribution in [2.45, 2.75) is 18.9 Å². The van der Waals surface area contributed by atoms with Crippen molar-refractivity contribution >= 4 is 17.5 Å². The fourth-order valence-electron chi connectivity index (χ4n) is 2.86. The zero-order valence-electron chi connectivity index (χ0n) is 12.8. The second-order valence-corrected chi connectivity index (χ2v) is 5.64. The van der Waals surface area contributed by atoms with Gasteiger partial charge in [0.2, 0.25) is 5.91 Å². The molecule has 0 saturated carbocycles. The lowest BCUT2D eigenvalue weighted by Crippen LogP contribution is -2.43. The summed E-state index contributed by atoms with van der Waals surface area (Å²) in [5, 5.41) is 2.61. The predicted octanol–water partition coefficient (Wildman–Crippen LogP) is 3.21. The third-order valence-corrected chi connectivity index (χ3v) is 4.01. The Balaban J connectivity index is 1.76. The number of rotatable bonds is 3. The first kappa shape index (κ1) is 16.1. The minimum absolute atomic E-state index is 0.0528. The lowest BCUT2D eigenvalue weighted by molar-refractivity contribution is -0.119. The van der Waals surface area contributed by atoms with Gasteiger partial charge in [-0.25, -0.2) is 8.78 Å². The minimum Gasteiger partial charge on any atom is -0.327 e. The summed E-state index contributed by atoms with van der Waals surface area (Å²) in [6, 6.07) is 10.5. The van der Waals surface area contributed by atoms with Crippen LogP contribution >= 0.6 is 0 Å². The van der Waals surface area contributed by atoms with Gasteiger partial charge in [0, 0.05) is 12.2 Å². The molecule has 3 rings (SSSR count). The van der Waals surface area contributed by atoms with Crippen LogP contribution in [-0.2, 0) is 4.79 Å². The van der Waals surface area contributed by atoms with E-state index < -0.39 is 29.5 Å². The molecular formula is C18H16F2N2O2. The molecule has 2 aromatic carbocycles. The molecular weight excluding hydrogens is 314 g/mol. The van der Waals surface area contributed by atoms with E-state index in [1.54, 1.807) is 12.1 Å². The number of halogens is 2. The molecule has 1 N–H and O–H groups in total. The van der Waals surface area contributed by atoms with Crippen LogP contribution in [0.4, 0.5) is 14.5 Å². The summed E-state index contributed by atoms with van der Waals surface area (Å²) < 4.78 is 27.0. The van der Waals surface area contributed by atoms with E-state index in [1.165, 1.54) is 41.3 Å². The number of hydrogen-bond acceptors (Lipinski definition) is 2.